The molecule has 2 aromatic heterocycles. The number of halogens is 1. The molecule has 0 aliphatic rings. The van der Waals surface area contributed by atoms with Gasteiger partial charge in [-0.3, -0.25) is 0 Å². The minimum Gasteiger partial charge on any atom is -0.357 e. The van der Waals surface area contributed by atoms with E-state index in [0.29, 0.717) is 12.5 Å². The first kappa shape index (κ1) is 19.9. The maximum atomic E-state index is 4.61. The molecule has 0 saturated carbocycles. The first-order chi connectivity index (χ1) is 10.7. The average molecular weight is 448 g/mol. The molecule has 0 saturated heterocycles. The van der Waals surface area contributed by atoms with E-state index in [-0.39, 0.29) is 24.0 Å². The summed E-state index contributed by atoms with van der Waals surface area (Å²) in [5.41, 5.74) is 1.15. The number of nitrogens with one attached hydrogen (secondary N) is 2. The van der Waals surface area contributed by atoms with Crippen molar-refractivity contribution in [2.24, 2.45) is 4.99 Å². The molecule has 6 nitrogen and oxygen atoms in total. The van der Waals surface area contributed by atoms with Crippen LogP contribution in [0.1, 0.15) is 37.4 Å². The third kappa shape index (κ3) is 6.86. The Morgan fingerprint density at radius 1 is 1.39 bits per heavy atom. The lowest BCUT2D eigenvalue weighted by Gasteiger charge is -2.11. The van der Waals surface area contributed by atoms with Crippen molar-refractivity contribution in [1.29, 1.82) is 0 Å². The molecular formula is C15H25IN6S. The van der Waals surface area contributed by atoms with Gasteiger partial charge in [-0.05, 0) is 12.8 Å². The highest BCUT2D eigenvalue weighted by molar-refractivity contribution is 14.0. The monoisotopic (exact) mass is 448 g/mol. The van der Waals surface area contributed by atoms with E-state index in [2.05, 4.69) is 51.7 Å². The van der Waals surface area contributed by atoms with Gasteiger partial charge in [-0.1, -0.05) is 13.8 Å². The molecule has 0 aliphatic heterocycles. The molecule has 0 aromatic carbocycles. The summed E-state index contributed by atoms with van der Waals surface area (Å²) in [7, 11) is 0. The fourth-order valence-corrected chi connectivity index (χ4v) is 2.75. The zero-order chi connectivity index (χ0) is 15.8. The number of aromatic nitrogens is 3. The van der Waals surface area contributed by atoms with Crippen LogP contribution in [-0.4, -0.2) is 33.6 Å². The van der Waals surface area contributed by atoms with Crippen molar-refractivity contribution in [3.63, 3.8) is 0 Å². The number of hydrogen-bond acceptors (Lipinski definition) is 4. The first-order valence-corrected chi connectivity index (χ1v) is 8.49. The van der Waals surface area contributed by atoms with Gasteiger partial charge in [0.1, 0.15) is 5.01 Å². The zero-order valence-corrected chi connectivity index (χ0v) is 17.0. The highest BCUT2D eigenvalue weighted by atomic mass is 127. The Morgan fingerprint density at radius 3 is 2.83 bits per heavy atom. The normalized spacial score (nSPS) is 11.4. The van der Waals surface area contributed by atoms with Crippen LogP contribution >= 0.6 is 35.3 Å². The van der Waals surface area contributed by atoms with Crippen LogP contribution in [0.4, 0.5) is 0 Å². The molecule has 128 valence electrons. The molecule has 0 atom stereocenters. The number of guanidine groups is 1. The van der Waals surface area contributed by atoms with E-state index in [1.807, 2.05) is 17.1 Å². The summed E-state index contributed by atoms with van der Waals surface area (Å²) in [5, 5.41) is 9.75. The van der Waals surface area contributed by atoms with E-state index in [9.17, 15) is 0 Å². The SMILES string of the molecule is CCNC(=NCc1nc(C(C)C)cs1)NCCn1ccnc1.I. The fraction of sp³-hybridized carbons (Fsp3) is 0.533. The summed E-state index contributed by atoms with van der Waals surface area (Å²) in [6.45, 7) is 9.49. The predicted octanol–water partition coefficient (Wildman–Crippen LogP) is 2.84. The Kier molecular flexibility index (Phi) is 9.15. The second-order valence-electron chi connectivity index (χ2n) is 5.24. The van der Waals surface area contributed by atoms with Crippen LogP contribution in [-0.2, 0) is 13.1 Å². The Morgan fingerprint density at radius 2 is 2.22 bits per heavy atom. The summed E-state index contributed by atoms with van der Waals surface area (Å²) >= 11 is 1.67. The van der Waals surface area contributed by atoms with Crippen molar-refractivity contribution in [1.82, 2.24) is 25.2 Å². The molecule has 0 fully saturated rings. The number of imidazole rings is 1. The van der Waals surface area contributed by atoms with E-state index in [4.69, 9.17) is 0 Å². The van der Waals surface area contributed by atoms with Gasteiger partial charge < -0.3 is 15.2 Å². The minimum absolute atomic E-state index is 0. The van der Waals surface area contributed by atoms with Crippen molar-refractivity contribution in [3.8, 4) is 0 Å². The molecule has 2 N–H and O–H groups in total. The van der Waals surface area contributed by atoms with Crippen LogP contribution < -0.4 is 10.6 Å². The van der Waals surface area contributed by atoms with Gasteiger partial charge in [0.2, 0.25) is 0 Å². The quantitative estimate of drug-likeness (QED) is 0.389. The number of hydrogen-bond donors (Lipinski definition) is 2. The van der Waals surface area contributed by atoms with E-state index in [1.54, 1.807) is 17.5 Å². The molecule has 0 amide bonds. The van der Waals surface area contributed by atoms with Gasteiger partial charge in [-0.2, -0.15) is 0 Å². The summed E-state index contributed by atoms with van der Waals surface area (Å²) in [5.74, 6) is 1.29. The molecular weight excluding hydrogens is 423 g/mol. The lowest BCUT2D eigenvalue weighted by molar-refractivity contribution is 0.662. The molecule has 0 unspecified atom stereocenters. The fourth-order valence-electron chi connectivity index (χ4n) is 1.87. The number of rotatable bonds is 7. The highest BCUT2D eigenvalue weighted by Gasteiger charge is 2.05. The highest BCUT2D eigenvalue weighted by Crippen LogP contribution is 2.18. The summed E-state index contributed by atoms with van der Waals surface area (Å²) < 4.78 is 2.03. The van der Waals surface area contributed by atoms with Crippen LogP contribution in [0, 0.1) is 0 Å². The van der Waals surface area contributed by atoms with E-state index >= 15 is 0 Å². The zero-order valence-electron chi connectivity index (χ0n) is 13.8. The van der Waals surface area contributed by atoms with Crippen LogP contribution in [0.15, 0.2) is 29.1 Å². The van der Waals surface area contributed by atoms with Crippen LogP contribution in [0.3, 0.4) is 0 Å². The van der Waals surface area contributed by atoms with Gasteiger partial charge in [0, 0.05) is 37.4 Å². The Labute approximate surface area is 158 Å². The second kappa shape index (κ2) is 10.6. The lowest BCUT2D eigenvalue weighted by atomic mass is 10.2. The second-order valence-corrected chi connectivity index (χ2v) is 6.19. The maximum Gasteiger partial charge on any atom is 0.191 e. The third-order valence-corrected chi connectivity index (χ3v) is 3.95. The smallest absolute Gasteiger partial charge is 0.191 e. The number of aliphatic imine (C=N–C) groups is 1. The van der Waals surface area contributed by atoms with Crippen LogP contribution in [0.5, 0.6) is 0 Å². The average Bonchev–Trinajstić information content (AvgIpc) is 3.16. The molecule has 2 aromatic rings. The Hall–Kier alpha value is -1.16. The van der Waals surface area contributed by atoms with Gasteiger partial charge >= 0.3 is 0 Å². The Bertz CT molecular complexity index is 579. The van der Waals surface area contributed by atoms with Crippen molar-refractivity contribution in [2.75, 3.05) is 13.1 Å². The van der Waals surface area contributed by atoms with Crippen molar-refractivity contribution in [2.45, 2.75) is 39.8 Å². The molecule has 0 radical (unpaired) electrons. The minimum atomic E-state index is 0. The molecule has 2 heterocycles. The molecule has 23 heavy (non-hydrogen) atoms. The van der Waals surface area contributed by atoms with Gasteiger partial charge in [0.15, 0.2) is 5.96 Å². The molecule has 8 heteroatoms. The van der Waals surface area contributed by atoms with Gasteiger partial charge in [0.25, 0.3) is 0 Å². The third-order valence-electron chi connectivity index (χ3n) is 3.10. The molecule has 0 bridgehead atoms. The molecule has 2 rings (SSSR count). The van der Waals surface area contributed by atoms with Crippen molar-refractivity contribution in [3.05, 3.63) is 34.8 Å². The van der Waals surface area contributed by atoms with Crippen molar-refractivity contribution < 1.29 is 0 Å². The lowest BCUT2D eigenvalue weighted by Crippen LogP contribution is -2.38. The van der Waals surface area contributed by atoms with Gasteiger partial charge in [-0.25, -0.2) is 15.0 Å². The standard InChI is InChI=1S/C15H24N6S.HI/c1-4-17-15(18-6-8-21-7-5-16-11-21)19-9-14-20-13(10-22-14)12(2)3;/h5,7,10-12H,4,6,8-9H2,1-3H3,(H2,17,18,19);1H. The number of thiazole rings is 1. The van der Waals surface area contributed by atoms with E-state index in [0.717, 1.165) is 36.3 Å². The number of nitrogens with zero attached hydrogens (tertiary/aromatic N) is 4. The van der Waals surface area contributed by atoms with E-state index in [1.165, 1.54) is 0 Å². The predicted molar refractivity (Wildman–Crippen MR) is 107 cm³/mol. The van der Waals surface area contributed by atoms with Gasteiger partial charge in [-0.15, -0.1) is 35.3 Å². The summed E-state index contributed by atoms with van der Waals surface area (Å²) in [6.07, 6.45) is 5.55. The molecule has 0 spiro atoms. The van der Waals surface area contributed by atoms with Crippen LogP contribution in [0.25, 0.3) is 0 Å². The first-order valence-electron chi connectivity index (χ1n) is 7.61. The van der Waals surface area contributed by atoms with Crippen molar-refractivity contribution >= 4 is 41.3 Å². The summed E-state index contributed by atoms with van der Waals surface area (Å²) in [6, 6.07) is 0. The Balaban J connectivity index is 0.00000264. The maximum absolute atomic E-state index is 4.61. The van der Waals surface area contributed by atoms with E-state index < -0.39 is 0 Å². The molecule has 0 aliphatic carbocycles. The summed E-state index contributed by atoms with van der Waals surface area (Å²) in [4.78, 5) is 13.2. The largest absolute Gasteiger partial charge is 0.357 e. The van der Waals surface area contributed by atoms with Gasteiger partial charge in [0.05, 0.1) is 18.6 Å². The topological polar surface area (TPSA) is 67.1 Å². The van der Waals surface area contributed by atoms with Crippen LogP contribution in [0.2, 0.25) is 0 Å².